The predicted octanol–water partition coefficient (Wildman–Crippen LogP) is 5.71. The number of rotatable bonds is 5. The molecule has 4 aromatic rings. The molecule has 5 N–H and O–H groups in total. The van der Waals surface area contributed by atoms with Gasteiger partial charge in [-0.1, -0.05) is 17.7 Å². The second-order valence-corrected chi connectivity index (χ2v) is 6.93. The molecule has 0 fully saturated rings. The minimum atomic E-state index is 0.215. The van der Waals surface area contributed by atoms with Gasteiger partial charge in [-0.15, -0.1) is 0 Å². The molecule has 0 bridgehead atoms. The molecule has 5 nitrogen and oxygen atoms in total. The number of aromatic hydroxyl groups is 1. The van der Waals surface area contributed by atoms with E-state index < -0.39 is 0 Å². The van der Waals surface area contributed by atoms with Crippen molar-refractivity contribution in [1.82, 2.24) is 4.98 Å². The Morgan fingerprint density at radius 1 is 0.897 bits per heavy atom. The van der Waals surface area contributed by atoms with Crippen molar-refractivity contribution >= 4 is 45.3 Å². The van der Waals surface area contributed by atoms with Gasteiger partial charge in [0.15, 0.2) is 0 Å². The number of benzene rings is 3. The molecule has 0 radical (unpaired) electrons. The molecule has 144 valence electrons. The first kappa shape index (κ1) is 18.7. The first-order valence-electron chi connectivity index (χ1n) is 9.02. The van der Waals surface area contributed by atoms with E-state index in [1.54, 1.807) is 30.5 Å². The van der Waals surface area contributed by atoms with Crippen molar-refractivity contribution in [3.8, 4) is 5.75 Å². The van der Waals surface area contributed by atoms with E-state index in [-0.39, 0.29) is 5.75 Å². The molecule has 0 spiro atoms. The average Bonchev–Trinajstić information content (AvgIpc) is 2.74. The summed E-state index contributed by atoms with van der Waals surface area (Å²) in [6.45, 7) is 0. The number of nitrogens with one attached hydrogen (secondary N) is 2. The summed E-state index contributed by atoms with van der Waals surface area (Å²) >= 11 is 5.96. The van der Waals surface area contributed by atoms with Gasteiger partial charge in [0.05, 0.1) is 16.9 Å². The molecule has 3 aromatic carbocycles. The third-order valence-corrected chi connectivity index (χ3v) is 4.66. The maximum atomic E-state index is 9.35. The molecule has 0 aliphatic rings. The van der Waals surface area contributed by atoms with Crippen LogP contribution in [0.2, 0.25) is 5.02 Å². The Labute approximate surface area is 173 Å². The average molecular weight is 403 g/mol. The van der Waals surface area contributed by atoms with Crippen LogP contribution in [0.1, 0.15) is 5.69 Å². The summed E-state index contributed by atoms with van der Waals surface area (Å²) in [5.41, 5.74) is 10.9. The van der Waals surface area contributed by atoms with Crippen molar-refractivity contribution in [2.75, 3.05) is 10.6 Å². The zero-order valence-electron chi connectivity index (χ0n) is 15.4. The summed E-state index contributed by atoms with van der Waals surface area (Å²) in [7, 11) is 0. The van der Waals surface area contributed by atoms with E-state index in [2.05, 4.69) is 15.6 Å². The van der Waals surface area contributed by atoms with E-state index in [4.69, 9.17) is 17.3 Å². The van der Waals surface area contributed by atoms with Gasteiger partial charge in [0.25, 0.3) is 0 Å². The standard InChI is InChI=1S/C23H19ClN4O/c24-15-4-6-17(7-5-15)27-21-2-1-3-22-19(21)12-13-23(28-22)20(25)14-26-16-8-10-18(29)11-9-16/h1-14,26-27,29H,25H2/b20-14-. The van der Waals surface area contributed by atoms with Crippen molar-refractivity contribution in [2.24, 2.45) is 5.73 Å². The highest BCUT2D eigenvalue weighted by Gasteiger charge is 2.06. The number of anilines is 3. The van der Waals surface area contributed by atoms with Gasteiger partial charge in [-0.2, -0.15) is 0 Å². The van der Waals surface area contributed by atoms with E-state index >= 15 is 0 Å². The number of hydrogen-bond donors (Lipinski definition) is 4. The van der Waals surface area contributed by atoms with Gasteiger partial charge in [-0.05, 0) is 72.8 Å². The Morgan fingerprint density at radius 2 is 1.62 bits per heavy atom. The minimum absolute atomic E-state index is 0.215. The summed E-state index contributed by atoms with van der Waals surface area (Å²) in [6, 6.07) is 24.1. The maximum absolute atomic E-state index is 9.35. The number of nitrogens with two attached hydrogens (primary N) is 1. The lowest BCUT2D eigenvalue weighted by Crippen LogP contribution is -2.03. The van der Waals surface area contributed by atoms with Crippen molar-refractivity contribution in [3.05, 3.63) is 95.8 Å². The van der Waals surface area contributed by atoms with Crippen molar-refractivity contribution in [2.45, 2.75) is 0 Å². The molecule has 1 heterocycles. The zero-order chi connectivity index (χ0) is 20.2. The summed E-state index contributed by atoms with van der Waals surface area (Å²) in [6.07, 6.45) is 1.69. The highest BCUT2D eigenvalue weighted by atomic mass is 35.5. The largest absolute Gasteiger partial charge is 0.508 e. The summed E-state index contributed by atoms with van der Waals surface area (Å²) in [5.74, 6) is 0.215. The Bertz CT molecular complexity index is 1170. The second-order valence-electron chi connectivity index (χ2n) is 6.49. The van der Waals surface area contributed by atoms with Gasteiger partial charge in [0, 0.05) is 33.7 Å². The molecular weight excluding hydrogens is 384 g/mol. The van der Waals surface area contributed by atoms with Crippen molar-refractivity contribution in [1.29, 1.82) is 0 Å². The van der Waals surface area contributed by atoms with Crippen LogP contribution >= 0.6 is 11.6 Å². The number of nitrogens with zero attached hydrogens (tertiary/aromatic N) is 1. The predicted molar refractivity (Wildman–Crippen MR) is 120 cm³/mol. The van der Waals surface area contributed by atoms with Crippen LogP contribution in [0.25, 0.3) is 16.6 Å². The molecule has 1 aromatic heterocycles. The van der Waals surface area contributed by atoms with E-state index in [1.807, 2.05) is 54.6 Å². The molecule has 0 amide bonds. The third-order valence-electron chi connectivity index (χ3n) is 4.41. The number of phenolic OH excluding ortho intramolecular Hbond substituents is 1. The third kappa shape index (κ3) is 4.42. The first-order chi connectivity index (χ1) is 14.1. The number of halogens is 1. The Balaban J connectivity index is 1.58. The van der Waals surface area contributed by atoms with E-state index in [0.29, 0.717) is 16.4 Å². The molecule has 0 atom stereocenters. The van der Waals surface area contributed by atoms with Gasteiger partial charge in [0.2, 0.25) is 0 Å². The van der Waals surface area contributed by atoms with Crippen LogP contribution in [0.4, 0.5) is 17.1 Å². The first-order valence-corrected chi connectivity index (χ1v) is 9.40. The van der Waals surface area contributed by atoms with E-state index in [9.17, 15) is 5.11 Å². The highest BCUT2D eigenvalue weighted by Crippen LogP contribution is 2.27. The number of fused-ring (bicyclic) bond motifs is 1. The van der Waals surface area contributed by atoms with Crippen LogP contribution in [0.3, 0.4) is 0 Å². The van der Waals surface area contributed by atoms with E-state index in [0.717, 1.165) is 28.0 Å². The number of hydrogen-bond acceptors (Lipinski definition) is 5. The normalized spacial score (nSPS) is 11.4. The molecule has 0 saturated heterocycles. The summed E-state index contributed by atoms with van der Waals surface area (Å²) < 4.78 is 0. The monoisotopic (exact) mass is 402 g/mol. The topological polar surface area (TPSA) is 83.2 Å². The fraction of sp³-hybridized carbons (Fsp3) is 0. The summed E-state index contributed by atoms with van der Waals surface area (Å²) in [4.78, 5) is 4.68. The smallest absolute Gasteiger partial charge is 0.115 e. The van der Waals surface area contributed by atoms with E-state index in [1.165, 1.54) is 0 Å². The molecule has 29 heavy (non-hydrogen) atoms. The Morgan fingerprint density at radius 3 is 2.38 bits per heavy atom. The maximum Gasteiger partial charge on any atom is 0.115 e. The van der Waals surface area contributed by atoms with Gasteiger partial charge in [-0.25, -0.2) is 4.98 Å². The lowest BCUT2D eigenvalue weighted by molar-refractivity contribution is 0.475. The molecule has 0 saturated carbocycles. The van der Waals surface area contributed by atoms with Gasteiger partial charge >= 0.3 is 0 Å². The van der Waals surface area contributed by atoms with Crippen LogP contribution in [-0.4, -0.2) is 10.1 Å². The van der Waals surface area contributed by atoms with Crippen molar-refractivity contribution in [3.63, 3.8) is 0 Å². The summed E-state index contributed by atoms with van der Waals surface area (Å²) in [5, 5.41) is 17.5. The molecule has 0 aliphatic carbocycles. The van der Waals surface area contributed by atoms with Crippen LogP contribution in [0.5, 0.6) is 5.75 Å². The minimum Gasteiger partial charge on any atom is -0.508 e. The fourth-order valence-electron chi connectivity index (χ4n) is 2.91. The second kappa shape index (κ2) is 8.12. The van der Waals surface area contributed by atoms with Crippen LogP contribution in [-0.2, 0) is 0 Å². The van der Waals surface area contributed by atoms with Crippen LogP contribution in [0, 0.1) is 0 Å². The SMILES string of the molecule is N/C(=C\Nc1ccc(O)cc1)c1ccc2c(Nc3ccc(Cl)cc3)cccc2n1. The highest BCUT2D eigenvalue weighted by molar-refractivity contribution is 6.30. The van der Waals surface area contributed by atoms with Crippen LogP contribution < -0.4 is 16.4 Å². The van der Waals surface area contributed by atoms with Gasteiger partial charge in [-0.3, -0.25) is 0 Å². The fourth-order valence-corrected chi connectivity index (χ4v) is 3.03. The lowest BCUT2D eigenvalue weighted by Gasteiger charge is -2.11. The number of pyridine rings is 1. The van der Waals surface area contributed by atoms with Gasteiger partial charge in [0.1, 0.15) is 5.75 Å². The number of phenols is 1. The quantitative estimate of drug-likeness (QED) is 0.321. The lowest BCUT2D eigenvalue weighted by atomic mass is 10.1. The Hall–Kier alpha value is -3.70. The molecular formula is C23H19ClN4O. The van der Waals surface area contributed by atoms with Crippen molar-refractivity contribution < 1.29 is 5.11 Å². The molecule has 0 aliphatic heterocycles. The van der Waals surface area contributed by atoms with Crippen LogP contribution in [0.15, 0.2) is 85.1 Å². The molecule has 6 heteroatoms. The Kier molecular flexibility index (Phi) is 5.22. The zero-order valence-corrected chi connectivity index (χ0v) is 16.2. The van der Waals surface area contributed by atoms with Gasteiger partial charge < -0.3 is 21.5 Å². The molecule has 4 rings (SSSR count). The molecule has 0 unspecified atom stereocenters. The number of aromatic nitrogens is 1.